The lowest BCUT2D eigenvalue weighted by Gasteiger charge is -2.31. The summed E-state index contributed by atoms with van der Waals surface area (Å²) in [5, 5.41) is 0. The molecule has 0 aliphatic heterocycles. The summed E-state index contributed by atoms with van der Waals surface area (Å²) in [6.07, 6.45) is 2.02. The molecule has 0 aromatic heterocycles. The van der Waals surface area contributed by atoms with Crippen LogP contribution in [0.5, 0.6) is 5.75 Å². The van der Waals surface area contributed by atoms with E-state index < -0.39 is 0 Å². The molecule has 1 atom stereocenters. The van der Waals surface area contributed by atoms with Crippen molar-refractivity contribution in [3.63, 3.8) is 0 Å². The van der Waals surface area contributed by atoms with Gasteiger partial charge in [-0.25, -0.2) is 0 Å². The normalized spacial score (nSPS) is 14.7. The average Bonchev–Trinajstić information content (AvgIpc) is 2.27. The van der Waals surface area contributed by atoms with E-state index in [0.717, 1.165) is 5.75 Å². The lowest BCUT2D eigenvalue weighted by Crippen LogP contribution is -2.25. The molecular weight excluding hydrogens is 184 g/mol. The van der Waals surface area contributed by atoms with Crippen LogP contribution >= 0.6 is 0 Å². The molecule has 1 nitrogen and oxygen atoms in total. The number of benzene rings is 1. The smallest absolute Gasteiger partial charge is 0.119 e. The van der Waals surface area contributed by atoms with E-state index >= 15 is 0 Å². The zero-order valence-electron chi connectivity index (χ0n) is 10.1. The minimum Gasteiger partial charge on any atom is -0.497 e. The van der Waals surface area contributed by atoms with E-state index in [0.29, 0.717) is 5.92 Å². The molecule has 0 radical (unpaired) electrons. The summed E-state index contributed by atoms with van der Waals surface area (Å²) in [5.41, 5.74) is 1.26. The van der Waals surface area contributed by atoms with Crippen LogP contribution in [0.3, 0.4) is 0 Å². The highest BCUT2D eigenvalue weighted by molar-refractivity contribution is 5.36. The van der Waals surface area contributed by atoms with Gasteiger partial charge in [0.1, 0.15) is 5.75 Å². The minimum atomic E-state index is 0.00847. The Morgan fingerprint density at radius 2 is 2.07 bits per heavy atom. The lowest BCUT2D eigenvalue weighted by atomic mass is 9.73. The summed E-state index contributed by atoms with van der Waals surface area (Å²) in [6, 6.07) is 8.21. The Morgan fingerprint density at radius 3 is 2.53 bits per heavy atom. The van der Waals surface area contributed by atoms with E-state index in [1.807, 2.05) is 18.2 Å². The monoisotopic (exact) mass is 204 g/mol. The highest BCUT2D eigenvalue weighted by Gasteiger charge is 2.26. The van der Waals surface area contributed by atoms with E-state index in [1.54, 1.807) is 7.11 Å². The molecule has 1 rings (SSSR count). The van der Waals surface area contributed by atoms with Gasteiger partial charge in [0.2, 0.25) is 0 Å². The first-order valence-electron chi connectivity index (χ1n) is 5.32. The van der Waals surface area contributed by atoms with Gasteiger partial charge in [-0.05, 0) is 23.6 Å². The molecule has 0 fully saturated rings. The Labute approximate surface area is 92.8 Å². The fourth-order valence-corrected chi connectivity index (χ4v) is 1.65. The first-order valence-corrected chi connectivity index (χ1v) is 5.32. The lowest BCUT2D eigenvalue weighted by molar-refractivity contribution is 0.401. The quantitative estimate of drug-likeness (QED) is 0.678. The molecule has 0 amide bonds. The van der Waals surface area contributed by atoms with Gasteiger partial charge in [0, 0.05) is 5.41 Å². The maximum absolute atomic E-state index is 5.24. The van der Waals surface area contributed by atoms with Crippen LogP contribution in [0, 0.1) is 5.92 Å². The fourth-order valence-electron chi connectivity index (χ4n) is 1.65. The molecule has 15 heavy (non-hydrogen) atoms. The second-order valence-electron chi connectivity index (χ2n) is 4.37. The van der Waals surface area contributed by atoms with Crippen molar-refractivity contribution in [2.75, 3.05) is 7.11 Å². The van der Waals surface area contributed by atoms with Gasteiger partial charge in [-0.1, -0.05) is 39.0 Å². The van der Waals surface area contributed by atoms with E-state index in [-0.39, 0.29) is 5.41 Å². The van der Waals surface area contributed by atoms with Crippen molar-refractivity contribution in [3.8, 4) is 5.75 Å². The Balaban J connectivity index is 3.17. The first kappa shape index (κ1) is 11.8. The van der Waals surface area contributed by atoms with Crippen LogP contribution in [0.1, 0.15) is 26.3 Å². The van der Waals surface area contributed by atoms with Crippen LogP contribution in [0.4, 0.5) is 0 Å². The molecule has 0 bridgehead atoms. The van der Waals surface area contributed by atoms with E-state index in [9.17, 15) is 0 Å². The molecule has 1 aromatic rings. The third kappa shape index (κ3) is 2.23. The molecule has 0 spiro atoms. The molecule has 82 valence electrons. The van der Waals surface area contributed by atoms with Gasteiger partial charge in [-0.3, -0.25) is 0 Å². The molecule has 0 aliphatic rings. The summed E-state index contributed by atoms with van der Waals surface area (Å²) in [7, 11) is 1.69. The van der Waals surface area contributed by atoms with Crippen molar-refractivity contribution < 1.29 is 4.74 Å². The predicted octanol–water partition coefficient (Wildman–Crippen LogP) is 3.79. The summed E-state index contributed by atoms with van der Waals surface area (Å²) < 4.78 is 5.24. The molecule has 0 N–H and O–H groups in total. The summed E-state index contributed by atoms with van der Waals surface area (Å²) in [4.78, 5) is 0. The number of hydrogen-bond donors (Lipinski definition) is 0. The number of ether oxygens (including phenoxy) is 1. The van der Waals surface area contributed by atoms with E-state index in [1.165, 1.54) is 5.56 Å². The second-order valence-corrected chi connectivity index (χ2v) is 4.37. The molecule has 0 aliphatic carbocycles. The topological polar surface area (TPSA) is 9.23 Å². The van der Waals surface area contributed by atoms with Crippen LogP contribution in [-0.2, 0) is 5.41 Å². The van der Waals surface area contributed by atoms with Crippen LogP contribution in [0.15, 0.2) is 36.9 Å². The van der Waals surface area contributed by atoms with Crippen LogP contribution in [0.25, 0.3) is 0 Å². The van der Waals surface area contributed by atoms with E-state index in [4.69, 9.17) is 4.74 Å². The average molecular weight is 204 g/mol. The van der Waals surface area contributed by atoms with Crippen molar-refractivity contribution in [2.45, 2.75) is 26.2 Å². The van der Waals surface area contributed by atoms with Gasteiger partial charge >= 0.3 is 0 Å². The number of hydrogen-bond acceptors (Lipinski definition) is 1. The van der Waals surface area contributed by atoms with Crippen molar-refractivity contribution in [1.82, 2.24) is 0 Å². The first-order chi connectivity index (χ1) is 7.04. The van der Waals surface area contributed by atoms with Crippen molar-refractivity contribution >= 4 is 0 Å². The van der Waals surface area contributed by atoms with E-state index in [2.05, 4.69) is 39.5 Å². The highest BCUT2D eigenvalue weighted by Crippen LogP contribution is 2.34. The van der Waals surface area contributed by atoms with Crippen LogP contribution in [-0.4, -0.2) is 7.11 Å². The predicted molar refractivity (Wildman–Crippen MR) is 65.4 cm³/mol. The number of allylic oxidation sites excluding steroid dienone is 1. The Morgan fingerprint density at radius 1 is 1.40 bits per heavy atom. The highest BCUT2D eigenvalue weighted by atomic mass is 16.5. The maximum atomic E-state index is 5.24. The van der Waals surface area contributed by atoms with Crippen LogP contribution < -0.4 is 4.74 Å². The zero-order valence-corrected chi connectivity index (χ0v) is 10.1. The van der Waals surface area contributed by atoms with Crippen molar-refractivity contribution in [3.05, 3.63) is 42.5 Å². The largest absolute Gasteiger partial charge is 0.497 e. The minimum absolute atomic E-state index is 0.00847. The molecule has 0 unspecified atom stereocenters. The van der Waals surface area contributed by atoms with Gasteiger partial charge in [-0.2, -0.15) is 0 Å². The van der Waals surface area contributed by atoms with Crippen molar-refractivity contribution in [2.24, 2.45) is 5.92 Å². The zero-order chi connectivity index (χ0) is 11.5. The number of rotatable bonds is 4. The summed E-state index contributed by atoms with van der Waals surface area (Å²) in [6.45, 7) is 10.6. The summed E-state index contributed by atoms with van der Waals surface area (Å²) in [5.74, 6) is 1.42. The van der Waals surface area contributed by atoms with Gasteiger partial charge < -0.3 is 4.74 Å². The number of methoxy groups -OCH3 is 1. The third-order valence-electron chi connectivity index (χ3n) is 3.32. The standard InChI is InChI=1S/C14H20O/c1-6-14(4,11(2)3)12-8-7-9-13(10-12)15-5/h6-11H,1H2,2-5H3/t14-/m0/s1. The molecular formula is C14H20O. The van der Waals surface area contributed by atoms with Gasteiger partial charge in [0.15, 0.2) is 0 Å². The van der Waals surface area contributed by atoms with Gasteiger partial charge in [-0.15, -0.1) is 6.58 Å². The second kappa shape index (κ2) is 4.52. The molecule has 1 heteroatoms. The maximum Gasteiger partial charge on any atom is 0.119 e. The van der Waals surface area contributed by atoms with Crippen LogP contribution in [0.2, 0.25) is 0 Å². The third-order valence-corrected chi connectivity index (χ3v) is 3.32. The van der Waals surface area contributed by atoms with Gasteiger partial charge in [0.05, 0.1) is 7.11 Å². The molecule has 0 heterocycles. The van der Waals surface area contributed by atoms with Gasteiger partial charge in [0.25, 0.3) is 0 Å². The Hall–Kier alpha value is -1.24. The SMILES string of the molecule is C=C[C@](C)(c1cccc(OC)c1)C(C)C. The van der Waals surface area contributed by atoms with Crippen molar-refractivity contribution in [1.29, 1.82) is 0 Å². The molecule has 0 saturated heterocycles. The Kier molecular flexibility index (Phi) is 3.57. The fraction of sp³-hybridized carbons (Fsp3) is 0.429. The Bertz CT molecular complexity index is 341. The summed E-state index contributed by atoms with van der Waals surface area (Å²) >= 11 is 0. The molecule has 1 aromatic carbocycles. The molecule has 0 saturated carbocycles.